The molecule has 1 rings (SSSR count). The average Bonchev–Trinajstić information content (AvgIpc) is 2.42. The monoisotopic (exact) mass is 276 g/mol. The maximum absolute atomic E-state index is 10.9. The van der Waals surface area contributed by atoms with Crippen molar-refractivity contribution in [3.05, 3.63) is 40.0 Å². The maximum Gasteiger partial charge on any atom is 0.328 e. The number of nitrogens with zero attached hydrogens (tertiary/aromatic N) is 2. The third-order valence-electron chi connectivity index (χ3n) is 2.38. The SMILES string of the molecule is CCC(C#N)Oc1cc(C=CC(=O)O)ccc1[N+](=O)[O-]. The van der Waals surface area contributed by atoms with E-state index in [1.165, 1.54) is 24.3 Å². The Hall–Kier alpha value is -2.88. The molecular weight excluding hydrogens is 264 g/mol. The van der Waals surface area contributed by atoms with Gasteiger partial charge in [0.05, 0.1) is 4.92 Å². The summed E-state index contributed by atoms with van der Waals surface area (Å²) in [6.45, 7) is 1.72. The van der Waals surface area contributed by atoms with E-state index >= 15 is 0 Å². The molecule has 1 aromatic rings. The molecule has 104 valence electrons. The zero-order valence-corrected chi connectivity index (χ0v) is 10.6. The van der Waals surface area contributed by atoms with Crippen molar-refractivity contribution in [3.63, 3.8) is 0 Å². The van der Waals surface area contributed by atoms with Gasteiger partial charge < -0.3 is 9.84 Å². The van der Waals surface area contributed by atoms with E-state index in [-0.39, 0.29) is 11.4 Å². The molecule has 1 aromatic carbocycles. The first-order chi connectivity index (χ1) is 9.47. The van der Waals surface area contributed by atoms with Crippen LogP contribution in [0.1, 0.15) is 18.9 Å². The summed E-state index contributed by atoms with van der Waals surface area (Å²) in [6, 6.07) is 5.82. The van der Waals surface area contributed by atoms with Crippen molar-refractivity contribution < 1.29 is 19.6 Å². The van der Waals surface area contributed by atoms with E-state index in [0.717, 1.165) is 6.08 Å². The molecule has 0 saturated carbocycles. The minimum Gasteiger partial charge on any atom is -0.478 e. The molecule has 20 heavy (non-hydrogen) atoms. The summed E-state index contributed by atoms with van der Waals surface area (Å²) in [6.07, 6.45) is 1.77. The number of hydrogen-bond donors (Lipinski definition) is 1. The van der Waals surface area contributed by atoms with Gasteiger partial charge in [0.15, 0.2) is 11.9 Å². The number of carboxylic acid groups (broad SMARTS) is 1. The lowest BCUT2D eigenvalue weighted by Gasteiger charge is -2.10. The van der Waals surface area contributed by atoms with Crippen molar-refractivity contribution in [2.75, 3.05) is 0 Å². The topological polar surface area (TPSA) is 113 Å². The second kappa shape index (κ2) is 6.89. The van der Waals surface area contributed by atoms with Crippen molar-refractivity contribution in [2.24, 2.45) is 0 Å². The van der Waals surface area contributed by atoms with Gasteiger partial charge in [-0.3, -0.25) is 10.1 Å². The van der Waals surface area contributed by atoms with E-state index in [1.54, 1.807) is 6.92 Å². The summed E-state index contributed by atoms with van der Waals surface area (Å²) in [4.78, 5) is 20.7. The predicted molar refractivity (Wildman–Crippen MR) is 70.1 cm³/mol. The van der Waals surface area contributed by atoms with Crippen LogP contribution in [0.25, 0.3) is 6.08 Å². The molecule has 0 radical (unpaired) electrons. The van der Waals surface area contributed by atoms with Crippen molar-refractivity contribution in [1.29, 1.82) is 5.26 Å². The minimum absolute atomic E-state index is 0.0593. The summed E-state index contributed by atoms with van der Waals surface area (Å²) in [5.74, 6) is -1.19. The Balaban J connectivity index is 3.15. The van der Waals surface area contributed by atoms with E-state index in [4.69, 9.17) is 15.1 Å². The number of nitro benzene ring substituents is 1. The molecule has 7 nitrogen and oxygen atoms in total. The van der Waals surface area contributed by atoms with Crippen LogP contribution in [0.15, 0.2) is 24.3 Å². The van der Waals surface area contributed by atoms with E-state index in [0.29, 0.717) is 12.0 Å². The van der Waals surface area contributed by atoms with E-state index in [9.17, 15) is 14.9 Å². The van der Waals surface area contributed by atoms with Crippen molar-refractivity contribution >= 4 is 17.7 Å². The van der Waals surface area contributed by atoms with Crippen molar-refractivity contribution in [2.45, 2.75) is 19.4 Å². The summed E-state index contributed by atoms with van der Waals surface area (Å²) in [7, 11) is 0. The fraction of sp³-hybridized carbons (Fsp3) is 0.231. The van der Waals surface area contributed by atoms with E-state index < -0.39 is 17.0 Å². The molecule has 0 saturated heterocycles. The average molecular weight is 276 g/mol. The number of ether oxygens (including phenoxy) is 1. The largest absolute Gasteiger partial charge is 0.478 e. The number of carboxylic acids is 1. The molecule has 0 aliphatic heterocycles. The molecule has 0 amide bonds. The molecule has 0 bridgehead atoms. The lowest BCUT2D eigenvalue weighted by atomic mass is 10.1. The Morgan fingerprint density at radius 1 is 1.65 bits per heavy atom. The number of nitriles is 1. The number of nitro groups is 1. The van der Waals surface area contributed by atoms with Crippen LogP contribution in [0.3, 0.4) is 0 Å². The van der Waals surface area contributed by atoms with Gasteiger partial charge in [-0.1, -0.05) is 6.92 Å². The Morgan fingerprint density at radius 2 is 2.35 bits per heavy atom. The Morgan fingerprint density at radius 3 is 2.85 bits per heavy atom. The second-order valence-corrected chi connectivity index (χ2v) is 3.80. The van der Waals surface area contributed by atoms with Crippen LogP contribution in [0.4, 0.5) is 5.69 Å². The van der Waals surface area contributed by atoms with Crippen LogP contribution in [-0.2, 0) is 4.79 Å². The highest BCUT2D eigenvalue weighted by Gasteiger charge is 2.18. The van der Waals surface area contributed by atoms with Gasteiger partial charge in [-0.25, -0.2) is 4.79 Å². The van der Waals surface area contributed by atoms with Gasteiger partial charge in [0, 0.05) is 12.1 Å². The standard InChI is InChI=1S/C13H12N2O5/c1-2-10(8-14)20-12-7-9(4-6-13(16)17)3-5-11(12)15(18)19/h3-7,10H,2H2,1H3,(H,16,17). The Labute approximate surface area is 114 Å². The number of rotatable bonds is 6. The fourth-order valence-electron chi connectivity index (χ4n) is 1.40. The molecule has 7 heteroatoms. The first-order valence-electron chi connectivity index (χ1n) is 5.73. The molecular formula is C13H12N2O5. The second-order valence-electron chi connectivity index (χ2n) is 3.80. The smallest absolute Gasteiger partial charge is 0.328 e. The van der Waals surface area contributed by atoms with Crippen molar-refractivity contribution in [3.8, 4) is 11.8 Å². The zero-order chi connectivity index (χ0) is 15.1. The van der Waals surface area contributed by atoms with Gasteiger partial charge in [0.1, 0.15) is 6.07 Å². The summed E-state index contributed by atoms with van der Waals surface area (Å²) in [5.41, 5.74) is 0.159. The fourth-order valence-corrected chi connectivity index (χ4v) is 1.40. The highest BCUT2D eigenvalue weighted by atomic mass is 16.6. The lowest BCUT2D eigenvalue weighted by molar-refractivity contribution is -0.386. The number of hydrogen-bond acceptors (Lipinski definition) is 5. The van der Waals surface area contributed by atoms with Gasteiger partial charge >= 0.3 is 11.7 Å². The van der Waals surface area contributed by atoms with Crippen LogP contribution in [-0.4, -0.2) is 22.1 Å². The van der Waals surface area contributed by atoms with Gasteiger partial charge in [-0.05, 0) is 30.2 Å². The molecule has 0 aliphatic rings. The normalized spacial score (nSPS) is 11.8. The molecule has 0 fully saturated rings. The molecule has 1 atom stereocenters. The number of benzene rings is 1. The summed E-state index contributed by atoms with van der Waals surface area (Å²) < 4.78 is 5.27. The van der Waals surface area contributed by atoms with Gasteiger partial charge in [-0.2, -0.15) is 5.26 Å². The van der Waals surface area contributed by atoms with E-state index in [2.05, 4.69) is 0 Å². The lowest BCUT2D eigenvalue weighted by Crippen LogP contribution is -2.13. The minimum atomic E-state index is -1.13. The van der Waals surface area contributed by atoms with Crippen LogP contribution in [0.2, 0.25) is 0 Å². The number of aliphatic carboxylic acids is 1. The molecule has 1 unspecified atom stereocenters. The van der Waals surface area contributed by atoms with E-state index in [1.807, 2.05) is 6.07 Å². The van der Waals surface area contributed by atoms with Crippen LogP contribution >= 0.6 is 0 Å². The summed E-state index contributed by atoms with van der Waals surface area (Å²) in [5, 5.41) is 28.3. The highest BCUT2D eigenvalue weighted by Crippen LogP contribution is 2.29. The first-order valence-corrected chi connectivity index (χ1v) is 5.73. The van der Waals surface area contributed by atoms with Crippen LogP contribution in [0.5, 0.6) is 5.75 Å². The number of carbonyl (C=O) groups is 1. The maximum atomic E-state index is 10.9. The Bertz CT molecular complexity index is 589. The molecule has 0 spiro atoms. The molecule has 0 heterocycles. The summed E-state index contributed by atoms with van der Waals surface area (Å²) >= 11 is 0. The first kappa shape index (κ1) is 15.2. The third-order valence-corrected chi connectivity index (χ3v) is 2.38. The Kier molecular flexibility index (Phi) is 5.23. The highest BCUT2D eigenvalue weighted by molar-refractivity contribution is 5.85. The molecule has 0 aliphatic carbocycles. The zero-order valence-electron chi connectivity index (χ0n) is 10.6. The van der Waals surface area contributed by atoms with Gasteiger partial charge in [-0.15, -0.1) is 0 Å². The quantitative estimate of drug-likeness (QED) is 0.484. The molecule has 0 aromatic heterocycles. The van der Waals surface area contributed by atoms with Gasteiger partial charge in [0.25, 0.3) is 0 Å². The van der Waals surface area contributed by atoms with Crippen LogP contribution < -0.4 is 4.74 Å². The van der Waals surface area contributed by atoms with Crippen LogP contribution in [0, 0.1) is 21.4 Å². The van der Waals surface area contributed by atoms with Gasteiger partial charge in [0.2, 0.25) is 0 Å². The third kappa shape index (κ3) is 4.10. The predicted octanol–water partition coefficient (Wildman–Crippen LogP) is 2.37. The van der Waals surface area contributed by atoms with Crippen molar-refractivity contribution in [1.82, 2.24) is 0 Å². The molecule has 1 N–H and O–H groups in total.